The van der Waals surface area contributed by atoms with Crippen LogP contribution < -0.4 is 4.90 Å². The number of rotatable bonds is 7. The summed E-state index contributed by atoms with van der Waals surface area (Å²) in [5.74, 6) is 1.46. The topological polar surface area (TPSA) is 37.8 Å². The number of nitrogens with zero attached hydrogens (tertiary/aromatic N) is 3. The van der Waals surface area contributed by atoms with Crippen LogP contribution in [0.5, 0.6) is 0 Å². The molecule has 0 bridgehead atoms. The quantitative estimate of drug-likeness (QED) is 0.641. The molecule has 5 nitrogen and oxygen atoms in total. The van der Waals surface area contributed by atoms with Crippen molar-refractivity contribution in [1.82, 2.24) is 9.88 Å². The van der Waals surface area contributed by atoms with Crippen LogP contribution in [0.15, 0.2) is 12.3 Å². The zero-order chi connectivity index (χ0) is 20.5. The van der Waals surface area contributed by atoms with Gasteiger partial charge in [0.2, 0.25) is 0 Å². The second kappa shape index (κ2) is 8.38. The Kier molecular flexibility index (Phi) is 6.49. The first-order chi connectivity index (χ1) is 13.1. The Balaban J connectivity index is 1.63. The zero-order valence-electron chi connectivity index (χ0n) is 18.3. The minimum absolute atomic E-state index is 0.112. The van der Waals surface area contributed by atoms with Crippen molar-refractivity contribution in [3.05, 3.63) is 23.6 Å². The minimum atomic E-state index is -1.91. The van der Waals surface area contributed by atoms with Crippen molar-refractivity contribution >= 4 is 14.1 Å². The highest BCUT2D eigenvalue weighted by atomic mass is 28.4. The normalized spacial score (nSPS) is 23.5. The molecule has 3 rings (SSSR count). The van der Waals surface area contributed by atoms with Crippen LogP contribution in [0.3, 0.4) is 0 Å². The fourth-order valence-corrected chi connectivity index (χ4v) is 4.89. The van der Waals surface area contributed by atoms with Crippen molar-refractivity contribution in [1.29, 1.82) is 0 Å². The fraction of sp³-hybridized carbons (Fsp3) is 0.762. The van der Waals surface area contributed by atoms with E-state index in [9.17, 15) is 0 Å². The lowest BCUT2D eigenvalue weighted by molar-refractivity contribution is 0.157. The van der Waals surface area contributed by atoms with Gasteiger partial charge >= 0.3 is 0 Å². The second-order valence-corrected chi connectivity index (χ2v) is 14.6. The monoisotopic (exact) mass is 409 g/mol. The van der Waals surface area contributed by atoms with E-state index in [1.54, 1.807) is 19.4 Å². The van der Waals surface area contributed by atoms with Crippen molar-refractivity contribution in [3.8, 4) is 0 Å². The predicted molar refractivity (Wildman–Crippen MR) is 114 cm³/mol. The number of methoxy groups -OCH3 is 1. The van der Waals surface area contributed by atoms with Gasteiger partial charge in [0.25, 0.3) is 0 Å². The van der Waals surface area contributed by atoms with Gasteiger partial charge in [-0.3, -0.25) is 0 Å². The Hall–Kier alpha value is -1.02. The SMILES string of the molecule is COCCN1CC2CN(c3nccc(CO[Si](C)(C)C(C)(C)C)c3F)CC2C1. The Bertz CT molecular complexity index is 666. The predicted octanol–water partition coefficient (Wildman–Crippen LogP) is 3.76. The number of anilines is 1. The molecule has 0 aliphatic carbocycles. The van der Waals surface area contributed by atoms with E-state index in [2.05, 4.69) is 48.6 Å². The molecule has 0 amide bonds. The molecule has 1 aromatic heterocycles. The van der Waals surface area contributed by atoms with Gasteiger partial charge in [-0.25, -0.2) is 9.37 Å². The first kappa shape index (κ1) is 21.7. The molecular formula is C21H36FN3O2Si. The average molecular weight is 410 g/mol. The van der Waals surface area contributed by atoms with Gasteiger partial charge in [0.15, 0.2) is 20.0 Å². The summed E-state index contributed by atoms with van der Waals surface area (Å²) in [4.78, 5) is 8.98. The highest BCUT2D eigenvalue weighted by Crippen LogP contribution is 2.38. The molecule has 2 aliphatic rings. The lowest BCUT2D eigenvalue weighted by atomic mass is 10.0. The molecule has 0 N–H and O–H groups in total. The number of likely N-dealkylation sites (tertiary alicyclic amines) is 1. The maximum absolute atomic E-state index is 15.2. The van der Waals surface area contributed by atoms with E-state index < -0.39 is 8.32 Å². The molecule has 7 heteroatoms. The standard InChI is InChI=1S/C21H36FN3O2Si/c1-21(2,3)28(5,6)27-15-16-7-8-23-20(19(16)22)25-13-17-11-24(9-10-26-4)12-18(17)14-25/h7-8,17-18H,9-15H2,1-6H3. The van der Waals surface area contributed by atoms with Gasteiger partial charge in [-0.05, 0) is 36.0 Å². The third-order valence-electron chi connectivity index (χ3n) is 6.82. The molecule has 28 heavy (non-hydrogen) atoms. The molecule has 2 atom stereocenters. The molecule has 2 saturated heterocycles. The molecule has 0 saturated carbocycles. The molecule has 0 radical (unpaired) electrons. The van der Waals surface area contributed by atoms with Crippen LogP contribution in [0.2, 0.25) is 18.1 Å². The van der Waals surface area contributed by atoms with Crippen LogP contribution in [0.4, 0.5) is 10.2 Å². The lowest BCUT2D eigenvalue weighted by Gasteiger charge is -2.36. The van der Waals surface area contributed by atoms with E-state index >= 15 is 4.39 Å². The van der Waals surface area contributed by atoms with Crippen LogP contribution >= 0.6 is 0 Å². The van der Waals surface area contributed by atoms with Gasteiger partial charge in [0.1, 0.15) is 0 Å². The number of fused-ring (bicyclic) bond motifs is 1. The number of ether oxygens (including phenoxy) is 1. The number of hydrogen-bond donors (Lipinski definition) is 0. The number of pyridine rings is 1. The number of aromatic nitrogens is 1. The minimum Gasteiger partial charge on any atom is -0.412 e. The van der Waals surface area contributed by atoms with Gasteiger partial charge in [0.05, 0.1) is 13.2 Å². The molecule has 158 valence electrons. The third kappa shape index (κ3) is 4.58. The van der Waals surface area contributed by atoms with Gasteiger partial charge in [-0.2, -0.15) is 0 Å². The van der Waals surface area contributed by atoms with E-state index in [1.165, 1.54) is 0 Å². The molecule has 0 spiro atoms. The van der Waals surface area contributed by atoms with Crippen molar-refractivity contribution in [2.45, 2.75) is 45.5 Å². The van der Waals surface area contributed by atoms with Gasteiger partial charge in [-0.1, -0.05) is 20.8 Å². The van der Waals surface area contributed by atoms with Crippen LogP contribution in [0, 0.1) is 17.7 Å². The van der Waals surface area contributed by atoms with Crippen molar-refractivity contribution in [3.63, 3.8) is 0 Å². The Morgan fingerprint density at radius 1 is 1.18 bits per heavy atom. The summed E-state index contributed by atoms with van der Waals surface area (Å²) in [6, 6.07) is 1.76. The smallest absolute Gasteiger partial charge is 0.192 e. The van der Waals surface area contributed by atoms with Gasteiger partial charge < -0.3 is 19.0 Å². The van der Waals surface area contributed by atoms with Crippen molar-refractivity contribution in [2.75, 3.05) is 51.3 Å². The largest absolute Gasteiger partial charge is 0.412 e. The van der Waals surface area contributed by atoms with Crippen LogP contribution in [0.25, 0.3) is 0 Å². The van der Waals surface area contributed by atoms with Crippen LogP contribution in [-0.4, -0.2) is 64.6 Å². The third-order valence-corrected chi connectivity index (χ3v) is 11.3. The first-order valence-corrected chi connectivity index (χ1v) is 13.3. The summed E-state index contributed by atoms with van der Waals surface area (Å²) in [5.41, 5.74) is 0.619. The highest BCUT2D eigenvalue weighted by molar-refractivity contribution is 6.74. The van der Waals surface area contributed by atoms with E-state index in [-0.39, 0.29) is 10.9 Å². The Morgan fingerprint density at radius 3 is 2.39 bits per heavy atom. The Morgan fingerprint density at radius 2 is 1.82 bits per heavy atom. The molecule has 2 aliphatic heterocycles. The van der Waals surface area contributed by atoms with E-state index in [0.717, 1.165) is 39.3 Å². The summed E-state index contributed by atoms with van der Waals surface area (Å²) in [5, 5.41) is 0.112. The summed E-state index contributed by atoms with van der Waals surface area (Å²) in [6.45, 7) is 17.0. The van der Waals surface area contributed by atoms with E-state index in [1.807, 2.05) is 0 Å². The van der Waals surface area contributed by atoms with Crippen LogP contribution in [0.1, 0.15) is 26.3 Å². The summed E-state index contributed by atoms with van der Waals surface area (Å²) in [6.07, 6.45) is 1.72. The molecule has 2 fully saturated rings. The van der Waals surface area contributed by atoms with Crippen molar-refractivity contribution < 1.29 is 13.6 Å². The van der Waals surface area contributed by atoms with Gasteiger partial charge in [0, 0.05) is 51.6 Å². The molecule has 3 heterocycles. The number of hydrogen-bond acceptors (Lipinski definition) is 5. The second-order valence-electron chi connectivity index (χ2n) is 9.83. The fourth-order valence-electron chi connectivity index (χ4n) is 3.94. The van der Waals surface area contributed by atoms with E-state index in [4.69, 9.17) is 9.16 Å². The van der Waals surface area contributed by atoms with Gasteiger partial charge in [-0.15, -0.1) is 0 Å². The van der Waals surface area contributed by atoms with Crippen molar-refractivity contribution in [2.24, 2.45) is 11.8 Å². The summed E-state index contributed by atoms with van der Waals surface area (Å²) in [7, 11) is -0.168. The lowest BCUT2D eigenvalue weighted by Crippen LogP contribution is -2.40. The molecule has 0 aromatic carbocycles. The maximum Gasteiger partial charge on any atom is 0.192 e. The molecule has 1 aromatic rings. The summed E-state index contributed by atoms with van der Waals surface area (Å²) >= 11 is 0. The van der Waals surface area contributed by atoms with Crippen LogP contribution in [-0.2, 0) is 15.8 Å². The average Bonchev–Trinajstić information content (AvgIpc) is 3.16. The first-order valence-electron chi connectivity index (χ1n) is 10.4. The molecule has 2 unspecified atom stereocenters. The summed E-state index contributed by atoms with van der Waals surface area (Å²) < 4.78 is 26.7. The highest BCUT2D eigenvalue weighted by Gasteiger charge is 2.41. The molecular weight excluding hydrogens is 373 g/mol. The maximum atomic E-state index is 15.2. The van der Waals surface area contributed by atoms with E-state index in [0.29, 0.717) is 29.8 Å². The zero-order valence-corrected chi connectivity index (χ0v) is 19.3. The Labute approximate surface area is 170 Å². The number of halogens is 1.